The summed E-state index contributed by atoms with van der Waals surface area (Å²) in [5.41, 5.74) is 8.36. The summed E-state index contributed by atoms with van der Waals surface area (Å²) in [6.45, 7) is 0.679. The minimum absolute atomic E-state index is 0.181. The number of thiazole rings is 1. The van der Waals surface area contributed by atoms with Crippen LogP contribution in [0, 0.1) is 0 Å². The summed E-state index contributed by atoms with van der Waals surface area (Å²) in [5.74, 6) is -0.252. The van der Waals surface area contributed by atoms with Crippen molar-refractivity contribution in [1.82, 2.24) is 9.88 Å². The molecule has 1 aromatic heterocycles. The number of hydrogen-bond acceptors (Lipinski definition) is 6. The van der Waals surface area contributed by atoms with Crippen LogP contribution in [-0.4, -0.2) is 34.5 Å². The summed E-state index contributed by atoms with van der Waals surface area (Å²) in [4.78, 5) is 32.0. The number of amides is 2. The monoisotopic (exact) mass is 422 g/mol. The van der Waals surface area contributed by atoms with Crippen molar-refractivity contribution < 1.29 is 14.3 Å². The minimum atomic E-state index is -0.562. The highest BCUT2D eigenvalue weighted by Crippen LogP contribution is 2.30. The predicted molar refractivity (Wildman–Crippen MR) is 117 cm³/mol. The third-order valence-corrected chi connectivity index (χ3v) is 5.86. The lowest BCUT2D eigenvalue weighted by molar-refractivity contribution is -0.120. The molecular formula is C22H22N4O3S. The summed E-state index contributed by atoms with van der Waals surface area (Å²) >= 11 is 1.37. The van der Waals surface area contributed by atoms with Crippen molar-refractivity contribution in [1.29, 1.82) is 0 Å². The summed E-state index contributed by atoms with van der Waals surface area (Å²) in [7, 11) is 0. The Labute approximate surface area is 178 Å². The van der Waals surface area contributed by atoms with Gasteiger partial charge in [-0.15, -0.1) is 0 Å². The highest BCUT2D eigenvalue weighted by atomic mass is 32.1. The van der Waals surface area contributed by atoms with E-state index in [1.54, 1.807) is 6.20 Å². The average Bonchev–Trinajstić information content (AvgIpc) is 3.43. The van der Waals surface area contributed by atoms with E-state index in [0.717, 1.165) is 22.4 Å². The number of rotatable bonds is 5. The van der Waals surface area contributed by atoms with E-state index in [1.165, 1.54) is 16.2 Å². The van der Waals surface area contributed by atoms with Crippen LogP contribution in [0.15, 0.2) is 60.8 Å². The number of ether oxygens (including phenoxy) is 1. The second-order valence-corrected chi connectivity index (χ2v) is 8.07. The number of nitrogens with zero attached hydrogens (tertiary/aromatic N) is 2. The van der Waals surface area contributed by atoms with Gasteiger partial charge in [0.1, 0.15) is 12.6 Å². The van der Waals surface area contributed by atoms with Crippen LogP contribution in [0.5, 0.6) is 0 Å². The molecule has 2 amide bonds. The van der Waals surface area contributed by atoms with Crippen LogP contribution in [0.1, 0.15) is 18.4 Å². The molecule has 0 bridgehead atoms. The van der Waals surface area contributed by atoms with Crippen molar-refractivity contribution in [3.8, 4) is 10.4 Å². The van der Waals surface area contributed by atoms with E-state index in [0.29, 0.717) is 23.8 Å². The predicted octanol–water partition coefficient (Wildman–Crippen LogP) is 4.13. The molecule has 0 aliphatic carbocycles. The number of carbonyl (C=O) groups is 2. The average molecular weight is 423 g/mol. The van der Waals surface area contributed by atoms with Gasteiger partial charge in [-0.2, -0.15) is 0 Å². The Morgan fingerprint density at radius 3 is 2.83 bits per heavy atom. The standard InChI is InChI=1S/C22H22N4O3S/c23-17-9-4-8-16(12-17)19-13-24-21(30-19)25-20(27)18-10-5-11-26(18)22(28)29-14-15-6-2-1-3-7-15/h1-4,6-9,12-13,18H,5,10-11,14,23H2,(H,24,25,27). The number of nitrogens with two attached hydrogens (primary N) is 1. The van der Waals surface area contributed by atoms with Crippen molar-refractivity contribution in [3.05, 3.63) is 66.4 Å². The number of carbonyl (C=O) groups excluding carboxylic acids is 2. The van der Waals surface area contributed by atoms with Gasteiger partial charge in [-0.05, 0) is 36.1 Å². The van der Waals surface area contributed by atoms with Gasteiger partial charge < -0.3 is 15.8 Å². The molecule has 8 heteroatoms. The SMILES string of the molecule is Nc1cccc(-c2cnc(NC(=O)C3CCCN3C(=O)OCc3ccccc3)s2)c1. The molecule has 7 nitrogen and oxygen atoms in total. The molecule has 1 aliphatic rings. The van der Waals surface area contributed by atoms with Crippen LogP contribution in [0.2, 0.25) is 0 Å². The van der Waals surface area contributed by atoms with E-state index >= 15 is 0 Å². The number of nitrogen functional groups attached to an aromatic ring is 1. The first-order valence-electron chi connectivity index (χ1n) is 9.70. The molecule has 2 aromatic carbocycles. The molecule has 1 unspecified atom stereocenters. The van der Waals surface area contributed by atoms with Gasteiger partial charge in [0, 0.05) is 18.4 Å². The fourth-order valence-corrected chi connectivity index (χ4v) is 4.22. The maximum absolute atomic E-state index is 12.8. The normalized spacial score (nSPS) is 15.7. The zero-order valence-corrected chi connectivity index (χ0v) is 17.1. The number of nitrogens with one attached hydrogen (secondary N) is 1. The Kier molecular flexibility index (Phi) is 5.94. The second kappa shape index (κ2) is 8.96. The third-order valence-electron chi connectivity index (χ3n) is 4.90. The van der Waals surface area contributed by atoms with Crippen molar-refractivity contribution >= 4 is 34.2 Å². The molecule has 0 saturated carbocycles. The van der Waals surface area contributed by atoms with E-state index in [1.807, 2.05) is 54.6 Å². The van der Waals surface area contributed by atoms with Crippen molar-refractivity contribution in [2.75, 3.05) is 17.6 Å². The second-order valence-electron chi connectivity index (χ2n) is 7.04. The highest BCUT2D eigenvalue weighted by Gasteiger charge is 2.35. The Morgan fingerprint density at radius 1 is 1.20 bits per heavy atom. The van der Waals surface area contributed by atoms with Gasteiger partial charge in [0.05, 0.1) is 4.88 Å². The molecule has 1 atom stereocenters. The van der Waals surface area contributed by atoms with Crippen LogP contribution < -0.4 is 11.1 Å². The number of aromatic nitrogens is 1. The molecule has 154 valence electrons. The number of likely N-dealkylation sites (tertiary alicyclic amines) is 1. The van der Waals surface area contributed by atoms with E-state index in [4.69, 9.17) is 10.5 Å². The van der Waals surface area contributed by atoms with Gasteiger partial charge in [-0.3, -0.25) is 9.69 Å². The molecule has 3 N–H and O–H groups in total. The van der Waals surface area contributed by atoms with Crippen LogP contribution in [0.25, 0.3) is 10.4 Å². The molecule has 1 saturated heterocycles. The zero-order chi connectivity index (χ0) is 20.9. The topological polar surface area (TPSA) is 97.5 Å². The number of benzene rings is 2. The minimum Gasteiger partial charge on any atom is -0.445 e. The van der Waals surface area contributed by atoms with E-state index in [-0.39, 0.29) is 12.5 Å². The maximum Gasteiger partial charge on any atom is 0.410 e. The molecule has 0 radical (unpaired) electrons. The van der Waals surface area contributed by atoms with Gasteiger partial charge in [0.25, 0.3) is 0 Å². The van der Waals surface area contributed by atoms with Gasteiger partial charge in [0.15, 0.2) is 5.13 Å². The fourth-order valence-electron chi connectivity index (χ4n) is 3.41. The smallest absolute Gasteiger partial charge is 0.410 e. The van der Waals surface area contributed by atoms with Crippen LogP contribution >= 0.6 is 11.3 Å². The Balaban J connectivity index is 1.37. The van der Waals surface area contributed by atoms with E-state index in [9.17, 15) is 9.59 Å². The first-order chi connectivity index (χ1) is 14.6. The number of hydrogen-bond donors (Lipinski definition) is 2. The van der Waals surface area contributed by atoms with Gasteiger partial charge in [0.2, 0.25) is 5.91 Å². The van der Waals surface area contributed by atoms with E-state index in [2.05, 4.69) is 10.3 Å². The highest BCUT2D eigenvalue weighted by molar-refractivity contribution is 7.19. The Morgan fingerprint density at radius 2 is 2.03 bits per heavy atom. The van der Waals surface area contributed by atoms with Crippen molar-refractivity contribution in [3.63, 3.8) is 0 Å². The summed E-state index contributed by atoms with van der Waals surface area (Å²) < 4.78 is 5.40. The van der Waals surface area contributed by atoms with Crippen molar-refractivity contribution in [2.24, 2.45) is 0 Å². The van der Waals surface area contributed by atoms with Crippen LogP contribution in [-0.2, 0) is 16.1 Å². The van der Waals surface area contributed by atoms with Gasteiger partial charge in [-0.1, -0.05) is 53.8 Å². The molecule has 1 fully saturated rings. The van der Waals surface area contributed by atoms with Crippen LogP contribution in [0.3, 0.4) is 0 Å². The Hall–Kier alpha value is -3.39. The lowest BCUT2D eigenvalue weighted by atomic mass is 10.2. The molecule has 4 rings (SSSR count). The number of anilines is 2. The molecule has 1 aliphatic heterocycles. The maximum atomic E-state index is 12.8. The van der Waals surface area contributed by atoms with Gasteiger partial charge in [-0.25, -0.2) is 9.78 Å². The van der Waals surface area contributed by atoms with E-state index < -0.39 is 12.1 Å². The van der Waals surface area contributed by atoms with Crippen LogP contribution in [0.4, 0.5) is 15.6 Å². The quantitative estimate of drug-likeness (QED) is 0.603. The lowest BCUT2D eigenvalue weighted by Crippen LogP contribution is -2.43. The van der Waals surface area contributed by atoms with Gasteiger partial charge >= 0.3 is 6.09 Å². The molecular weight excluding hydrogens is 400 g/mol. The molecule has 3 aromatic rings. The Bertz CT molecular complexity index is 1040. The van der Waals surface area contributed by atoms with Crippen molar-refractivity contribution in [2.45, 2.75) is 25.5 Å². The lowest BCUT2D eigenvalue weighted by Gasteiger charge is -2.22. The molecule has 2 heterocycles. The molecule has 30 heavy (non-hydrogen) atoms. The molecule has 0 spiro atoms. The third kappa shape index (κ3) is 4.60. The fraction of sp³-hybridized carbons (Fsp3) is 0.227. The first-order valence-corrected chi connectivity index (χ1v) is 10.5. The summed E-state index contributed by atoms with van der Waals surface area (Å²) in [6.07, 6.45) is 2.58. The summed E-state index contributed by atoms with van der Waals surface area (Å²) in [6, 6.07) is 16.4. The largest absolute Gasteiger partial charge is 0.445 e. The zero-order valence-electron chi connectivity index (χ0n) is 16.3. The summed E-state index contributed by atoms with van der Waals surface area (Å²) in [5, 5.41) is 3.32. The first kappa shape index (κ1) is 19.9.